The fourth-order valence-electron chi connectivity index (χ4n) is 6.57. The number of rotatable bonds is 2. The largest absolute Gasteiger partial charge is 0.264 e. The summed E-state index contributed by atoms with van der Waals surface area (Å²) in [5, 5.41) is 7.92. The van der Waals surface area contributed by atoms with Gasteiger partial charge in [0.1, 0.15) is 0 Å². The van der Waals surface area contributed by atoms with Gasteiger partial charge in [-0.1, -0.05) is 74.5 Å². The maximum absolute atomic E-state index is 4.38. The Hall–Kier alpha value is -4.56. The molecule has 0 unspecified atom stereocenters. The molecule has 0 N–H and O–H groups in total. The molecule has 5 aromatic carbocycles. The number of fused-ring (bicyclic) bond motifs is 4. The molecule has 0 fully saturated rings. The Morgan fingerprint density at radius 3 is 2.00 bits per heavy atom. The van der Waals surface area contributed by atoms with Gasteiger partial charge in [0, 0.05) is 35.8 Å². The molecule has 2 nitrogen and oxygen atoms in total. The van der Waals surface area contributed by atoms with Crippen LogP contribution in [0.5, 0.6) is 0 Å². The molecule has 174 valence electrons. The minimum absolute atomic E-state index is 0.0891. The minimum atomic E-state index is -0.0891. The lowest BCUT2D eigenvalue weighted by atomic mass is 9.80. The van der Waals surface area contributed by atoms with Gasteiger partial charge in [0.2, 0.25) is 0 Å². The zero-order valence-corrected chi connectivity index (χ0v) is 20.8. The highest BCUT2D eigenvalue weighted by molar-refractivity contribution is 6.28. The molecular formula is C35H24N2. The first kappa shape index (κ1) is 20.6. The maximum atomic E-state index is 4.38. The Bertz CT molecular complexity index is 1990. The molecular weight excluding hydrogens is 448 g/mol. The summed E-state index contributed by atoms with van der Waals surface area (Å²) in [4.78, 5) is 8.73. The summed E-state index contributed by atoms with van der Waals surface area (Å²) < 4.78 is 0. The van der Waals surface area contributed by atoms with Gasteiger partial charge in [-0.05, 0) is 95.5 Å². The molecule has 0 atom stereocenters. The van der Waals surface area contributed by atoms with Crippen LogP contribution < -0.4 is 0 Å². The van der Waals surface area contributed by atoms with Crippen molar-refractivity contribution in [1.82, 2.24) is 9.97 Å². The first-order valence-corrected chi connectivity index (χ1v) is 12.8. The van der Waals surface area contributed by atoms with E-state index in [0.717, 1.165) is 11.1 Å². The van der Waals surface area contributed by atoms with E-state index in [2.05, 4.69) is 96.6 Å². The number of pyridine rings is 2. The van der Waals surface area contributed by atoms with Gasteiger partial charge in [0.05, 0.1) is 0 Å². The van der Waals surface area contributed by atoms with Crippen LogP contribution in [0.4, 0.5) is 0 Å². The molecule has 2 aromatic heterocycles. The summed E-state index contributed by atoms with van der Waals surface area (Å²) in [6.07, 6.45) is 7.58. The van der Waals surface area contributed by atoms with Crippen molar-refractivity contribution in [3.8, 4) is 33.4 Å². The van der Waals surface area contributed by atoms with Crippen molar-refractivity contribution in [2.24, 2.45) is 0 Å². The standard InChI is InChI=1S/C35H24N2/c1-35(2)30-17-22(24-5-3-15-36-19-24)9-13-28(30)34-29-14-8-21-7-11-26(25-6-4-16-37-20-25)27-12-10-23(18-31(34)35)33(29)32(21)27/h3-20H,1-2H3. The summed E-state index contributed by atoms with van der Waals surface area (Å²) in [5.74, 6) is 0. The smallest absolute Gasteiger partial charge is 0.0346 e. The van der Waals surface area contributed by atoms with Crippen LogP contribution in [0, 0.1) is 0 Å². The summed E-state index contributed by atoms with van der Waals surface area (Å²) in [5.41, 5.74) is 10.2. The number of aromatic nitrogens is 2. The summed E-state index contributed by atoms with van der Waals surface area (Å²) in [7, 11) is 0. The van der Waals surface area contributed by atoms with Gasteiger partial charge >= 0.3 is 0 Å². The minimum Gasteiger partial charge on any atom is -0.264 e. The van der Waals surface area contributed by atoms with E-state index in [1.807, 2.05) is 36.9 Å². The monoisotopic (exact) mass is 472 g/mol. The van der Waals surface area contributed by atoms with Gasteiger partial charge in [0.15, 0.2) is 0 Å². The van der Waals surface area contributed by atoms with E-state index in [0.29, 0.717) is 0 Å². The highest BCUT2D eigenvalue weighted by Gasteiger charge is 2.37. The average molecular weight is 473 g/mol. The topological polar surface area (TPSA) is 25.8 Å². The molecule has 37 heavy (non-hydrogen) atoms. The molecule has 0 saturated heterocycles. The van der Waals surface area contributed by atoms with Crippen LogP contribution in [0.3, 0.4) is 0 Å². The molecule has 0 bridgehead atoms. The molecule has 0 amide bonds. The van der Waals surface area contributed by atoms with Crippen LogP contribution in [-0.4, -0.2) is 9.97 Å². The van der Waals surface area contributed by atoms with Crippen molar-refractivity contribution in [3.05, 3.63) is 121 Å². The first-order valence-electron chi connectivity index (χ1n) is 12.8. The van der Waals surface area contributed by atoms with Gasteiger partial charge < -0.3 is 0 Å². The van der Waals surface area contributed by atoms with Gasteiger partial charge in [-0.3, -0.25) is 9.97 Å². The van der Waals surface area contributed by atoms with Crippen LogP contribution in [0.1, 0.15) is 25.0 Å². The zero-order valence-electron chi connectivity index (χ0n) is 20.8. The average Bonchev–Trinajstić information content (AvgIpc) is 3.18. The van der Waals surface area contributed by atoms with Crippen LogP contribution in [-0.2, 0) is 5.41 Å². The van der Waals surface area contributed by atoms with E-state index in [-0.39, 0.29) is 5.41 Å². The molecule has 1 aliphatic rings. The van der Waals surface area contributed by atoms with Crippen LogP contribution in [0.2, 0.25) is 0 Å². The summed E-state index contributed by atoms with van der Waals surface area (Å²) in [6, 6.07) is 31.4. The first-order chi connectivity index (χ1) is 18.1. The second kappa shape index (κ2) is 7.24. The normalized spacial score (nSPS) is 13.9. The predicted molar refractivity (Wildman–Crippen MR) is 154 cm³/mol. The quantitative estimate of drug-likeness (QED) is 0.235. The molecule has 7 aromatic rings. The van der Waals surface area contributed by atoms with E-state index in [1.54, 1.807) is 0 Å². The highest BCUT2D eigenvalue weighted by atomic mass is 14.6. The Kier molecular flexibility index (Phi) is 4.03. The lowest BCUT2D eigenvalue weighted by Crippen LogP contribution is -2.15. The van der Waals surface area contributed by atoms with Gasteiger partial charge in [-0.2, -0.15) is 0 Å². The fraction of sp³-hybridized carbons (Fsp3) is 0.0857. The van der Waals surface area contributed by atoms with E-state index in [9.17, 15) is 0 Å². The van der Waals surface area contributed by atoms with Crippen molar-refractivity contribution in [3.63, 3.8) is 0 Å². The number of benzene rings is 5. The number of hydrogen-bond acceptors (Lipinski definition) is 2. The van der Waals surface area contributed by atoms with Crippen molar-refractivity contribution in [2.75, 3.05) is 0 Å². The Morgan fingerprint density at radius 1 is 0.541 bits per heavy atom. The zero-order chi connectivity index (χ0) is 24.7. The molecule has 0 radical (unpaired) electrons. The third kappa shape index (κ3) is 2.76. The van der Waals surface area contributed by atoms with Gasteiger partial charge in [-0.15, -0.1) is 0 Å². The predicted octanol–water partition coefficient (Wildman–Crippen LogP) is 9.01. The Labute approximate surface area is 215 Å². The number of hydrogen-bond donors (Lipinski definition) is 0. The Morgan fingerprint density at radius 2 is 1.22 bits per heavy atom. The number of nitrogens with zero attached hydrogens (tertiary/aromatic N) is 2. The third-order valence-corrected chi connectivity index (χ3v) is 8.39. The van der Waals surface area contributed by atoms with Crippen molar-refractivity contribution in [1.29, 1.82) is 0 Å². The second-order valence-corrected chi connectivity index (χ2v) is 10.7. The summed E-state index contributed by atoms with van der Waals surface area (Å²) in [6.45, 7) is 4.73. The van der Waals surface area contributed by atoms with Crippen molar-refractivity contribution in [2.45, 2.75) is 19.3 Å². The lowest BCUT2D eigenvalue weighted by Gasteiger charge is -2.23. The van der Waals surface area contributed by atoms with Gasteiger partial charge in [0.25, 0.3) is 0 Å². The van der Waals surface area contributed by atoms with Crippen LogP contribution >= 0.6 is 0 Å². The second-order valence-electron chi connectivity index (χ2n) is 10.7. The van der Waals surface area contributed by atoms with Crippen molar-refractivity contribution < 1.29 is 0 Å². The highest BCUT2D eigenvalue weighted by Crippen LogP contribution is 2.54. The molecule has 2 heteroatoms. The lowest BCUT2D eigenvalue weighted by molar-refractivity contribution is 0.661. The van der Waals surface area contributed by atoms with Crippen LogP contribution in [0.15, 0.2) is 110 Å². The van der Waals surface area contributed by atoms with Crippen LogP contribution in [0.25, 0.3) is 65.7 Å². The molecule has 1 aliphatic carbocycles. The molecule has 0 spiro atoms. The van der Waals surface area contributed by atoms with E-state index >= 15 is 0 Å². The maximum Gasteiger partial charge on any atom is 0.0346 e. The van der Waals surface area contributed by atoms with E-state index in [1.165, 1.54) is 65.7 Å². The Balaban J connectivity index is 1.45. The van der Waals surface area contributed by atoms with Gasteiger partial charge in [-0.25, -0.2) is 0 Å². The van der Waals surface area contributed by atoms with E-state index < -0.39 is 0 Å². The SMILES string of the molecule is CC1(C)c2cc(-c3cccnc3)ccc2-c2c1cc1ccc3c(-c4cccnc4)ccc4ccc2c1c43. The fourth-order valence-corrected chi connectivity index (χ4v) is 6.57. The third-order valence-electron chi connectivity index (χ3n) is 8.39. The molecule has 0 aliphatic heterocycles. The molecule has 2 heterocycles. The molecule has 0 saturated carbocycles. The molecule has 8 rings (SSSR count). The summed E-state index contributed by atoms with van der Waals surface area (Å²) >= 11 is 0. The van der Waals surface area contributed by atoms with E-state index in [4.69, 9.17) is 0 Å². The van der Waals surface area contributed by atoms with Crippen molar-refractivity contribution >= 4 is 32.3 Å².